The van der Waals surface area contributed by atoms with E-state index in [4.69, 9.17) is 11.6 Å². The smallest absolute Gasteiger partial charge is 0.243 e. The number of nitrogens with one attached hydrogen (secondary N) is 1. The molecule has 0 unspecified atom stereocenters. The van der Waals surface area contributed by atoms with Crippen molar-refractivity contribution in [2.24, 2.45) is 0 Å². The van der Waals surface area contributed by atoms with Crippen LogP contribution in [0.4, 0.5) is 5.69 Å². The van der Waals surface area contributed by atoms with Gasteiger partial charge >= 0.3 is 0 Å². The molecule has 21 heavy (non-hydrogen) atoms. The van der Waals surface area contributed by atoms with Crippen LogP contribution in [0.1, 0.15) is 24.1 Å². The van der Waals surface area contributed by atoms with E-state index in [0.29, 0.717) is 5.02 Å². The van der Waals surface area contributed by atoms with Crippen LogP contribution in [-0.2, 0) is 4.79 Å². The van der Waals surface area contributed by atoms with Crippen molar-refractivity contribution < 1.29 is 4.79 Å². The molecule has 0 fully saturated rings. The molecule has 1 N–H and O–H groups in total. The lowest BCUT2D eigenvalue weighted by molar-refractivity contribution is -0.119. The highest BCUT2D eigenvalue weighted by molar-refractivity contribution is 6.30. The highest BCUT2D eigenvalue weighted by Gasteiger charge is 2.31. The fourth-order valence-electron chi connectivity index (χ4n) is 2.80. The zero-order valence-corrected chi connectivity index (χ0v) is 12.8. The Hall–Kier alpha value is -1.84. The normalized spacial score (nSPS) is 21.9. The van der Waals surface area contributed by atoms with Crippen molar-refractivity contribution in [3.05, 3.63) is 64.7 Å². The van der Waals surface area contributed by atoms with Crippen molar-refractivity contribution in [3.8, 4) is 0 Å². The van der Waals surface area contributed by atoms with E-state index < -0.39 is 0 Å². The van der Waals surface area contributed by atoms with Crippen LogP contribution < -0.4 is 10.2 Å². The van der Waals surface area contributed by atoms with Crippen molar-refractivity contribution in [1.29, 1.82) is 0 Å². The minimum absolute atomic E-state index is 0.0520. The molecule has 0 radical (unpaired) electrons. The fourth-order valence-corrected chi connectivity index (χ4v) is 2.98. The first-order valence-corrected chi connectivity index (χ1v) is 7.33. The third-order valence-electron chi connectivity index (χ3n) is 3.91. The SMILES string of the molecule is C[C@@H]1N[C@@H](c2ccccc2)c2cc(Cl)ccc2N(C)C1=O. The topological polar surface area (TPSA) is 32.3 Å². The van der Waals surface area contributed by atoms with E-state index in [0.717, 1.165) is 16.8 Å². The Balaban J connectivity index is 2.18. The number of anilines is 1. The predicted molar refractivity (Wildman–Crippen MR) is 85.7 cm³/mol. The van der Waals surface area contributed by atoms with E-state index in [1.165, 1.54) is 0 Å². The lowest BCUT2D eigenvalue weighted by Gasteiger charge is -2.21. The van der Waals surface area contributed by atoms with Crippen LogP contribution in [-0.4, -0.2) is 19.0 Å². The van der Waals surface area contributed by atoms with Gasteiger partial charge in [-0.3, -0.25) is 10.1 Å². The number of carbonyl (C=O) groups is 1. The summed E-state index contributed by atoms with van der Waals surface area (Å²) in [6, 6.07) is 15.5. The van der Waals surface area contributed by atoms with E-state index in [2.05, 4.69) is 17.4 Å². The van der Waals surface area contributed by atoms with E-state index in [1.54, 1.807) is 11.9 Å². The maximum Gasteiger partial charge on any atom is 0.243 e. The monoisotopic (exact) mass is 300 g/mol. The first-order valence-electron chi connectivity index (χ1n) is 6.96. The van der Waals surface area contributed by atoms with Gasteiger partial charge in [-0.1, -0.05) is 41.9 Å². The summed E-state index contributed by atoms with van der Waals surface area (Å²) >= 11 is 6.17. The Morgan fingerprint density at radius 2 is 1.86 bits per heavy atom. The van der Waals surface area contributed by atoms with Crippen LogP contribution in [0, 0.1) is 0 Å². The summed E-state index contributed by atoms with van der Waals surface area (Å²) < 4.78 is 0. The number of halogens is 1. The molecule has 3 rings (SSSR count). The van der Waals surface area contributed by atoms with Gasteiger partial charge in [-0.15, -0.1) is 0 Å². The summed E-state index contributed by atoms with van der Waals surface area (Å²) in [4.78, 5) is 14.1. The largest absolute Gasteiger partial charge is 0.314 e. The number of likely N-dealkylation sites (N-methyl/N-ethyl adjacent to an activating group) is 1. The van der Waals surface area contributed by atoms with Crippen LogP contribution >= 0.6 is 11.6 Å². The van der Waals surface area contributed by atoms with Crippen molar-refractivity contribution in [3.63, 3.8) is 0 Å². The highest BCUT2D eigenvalue weighted by Crippen LogP contribution is 2.35. The summed E-state index contributed by atoms with van der Waals surface area (Å²) in [5, 5.41) is 4.08. The molecule has 2 atom stereocenters. The molecule has 1 aliphatic rings. The third kappa shape index (κ3) is 2.55. The summed E-state index contributed by atoms with van der Waals surface area (Å²) in [7, 11) is 1.81. The van der Waals surface area contributed by atoms with Gasteiger partial charge in [0.1, 0.15) is 0 Å². The van der Waals surface area contributed by atoms with Gasteiger partial charge in [-0.25, -0.2) is 0 Å². The van der Waals surface area contributed by atoms with E-state index in [-0.39, 0.29) is 18.0 Å². The van der Waals surface area contributed by atoms with Gasteiger partial charge < -0.3 is 4.90 Å². The Morgan fingerprint density at radius 1 is 1.14 bits per heavy atom. The van der Waals surface area contributed by atoms with Gasteiger partial charge in [0, 0.05) is 17.8 Å². The van der Waals surface area contributed by atoms with Gasteiger partial charge in [-0.05, 0) is 36.2 Å². The standard InChI is InChI=1S/C17H17ClN2O/c1-11-17(21)20(2)15-9-8-13(18)10-14(15)16(19-11)12-6-4-3-5-7-12/h3-11,16,19H,1-2H3/t11-,16-/m0/s1. The second-order valence-electron chi connectivity index (χ2n) is 5.33. The predicted octanol–water partition coefficient (Wildman–Crippen LogP) is 3.38. The quantitative estimate of drug-likeness (QED) is 0.875. The molecule has 108 valence electrons. The minimum Gasteiger partial charge on any atom is -0.314 e. The summed E-state index contributed by atoms with van der Waals surface area (Å²) in [6.45, 7) is 1.89. The lowest BCUT2D eigenvalue weighted by atomic mass is 9.97. The molecular weight excluding hydrogens is 284 g/mol. The van der Waals surface area contributed by atoms with Crippen LogP contribution in [0.5, 0.6) is 0 Å². The average Bonchev–Trinajstić information content (AvgIpc) is 2.59. The molecule has 0 aliphatic carbocycles. The highest BCUT2D eigenvalue weighted by atomic mass is 35.5. The number of fused-ring (bicyclic) bond motifs is 1. The fraction of sp³-hybridized carbons (Fsp3) is 0.235. The molecule has 1 heterocycles. The first-order chi connectivity index (χ1) is 10.1. The number of carbonyl (C=O) groups excluding carboxylic acids is 1. The summed E-state index contributed by atoms with van der Waals surface area (Å²) in [6.07, 6.45) is 0. The van der Waals surface area contributed by atoms with Crippen LogP contribution in [0.3, 0.4) is 0 Å². The van der Waals surface area contributed by atoms with Gasteiger partial charge in [-0.2, -0.15) is 0 Å². The average molecular weight is 301 g/mol. The Labute approximate surface area is 129 Å². The zero-order valence-electron chi connectivity index (χ0n) is 12.0. The molecule has 0 spiro atoms. The lowest BCUT2D eigenvalue weighted by Crippen LogP contribution is -2.41. The molecule has 0 saturated heterocycles. The van der Waals surface area contributed by atoms with Crippen molar-refractivity contribution in [1.82, 2.24) is 5.32 Å². The number of rotatable bonds is 1. The molecular formula is C17H17ClN2O. The first kappa shape index (κ1) is 14.1. The molecule has 2 aromatic carbocycles. The Bertz CT molecular complexity index is 672. The molecule has 3 nitrogen and oxygen atoms in total. The van der Waals surface area contributed by atoms with Crippen molar-refractivity contribution >= 4 is 23.2 Å². The third-order valence-corrected chi connectivity index (χ3v) is 4.15. The number of hydrogen-bond donors (Lipinski definition) is 1. The molecule has 4 heteroatoms. The van der Waals surface area contributed by atoms with Crippen molar-refractivity contribution in [2.75, 3.05) is 11.9 Å². The van der Waals surface area contributed by atoms with Gasteiger partial charge in [0.15, 0.2) is 0 Å². The molecule has 2 aromatic rings. The van der Waals surface area contributed by atoms with Gasteiger partial charge in [0.2, 0.25) is 5.91 Å². The van der Waals surface area contributed by atoms with Gasteiger partial charge in [0.05, 0.1) is 12.1 Å². The maximum atomic E-state index is 12.4. The number of hydrogen-bond acceptors (Lipinski definition) is 2. The molecule has 0 bridgehead atoms. The van der Waals surface area contributed by atoms with Crippen LogP contribution in [0.15, 0.2) is 48.5 Å². The maximum absolute atomic E-state index is 12.4. The molecule has 1 aliphatic heterocycles. The molecule has 0 saturated carbocycles. The number of amides is 1. The second-order valence-corrected chi connectivity index (χ2v) is 5.77. The van der Waals surface area contributed by atoms with Crippen LogP contribution in [0.2, 0.25) is 5.02 Å². The Morgan fingerprint density at radius 3 is 2.57 bits per heavy atom. The molecule has 1 amide bonds. The number of nitrogens with zero attached hydrogens (tertiary/aromatic N) is 1. The van der Waals surface area contributed by atoms with E-state index >= 15 is 0 Å². The number of benzene rings is 2. The van der Waals surface area contributed by atoms with E-state index in [1.807, 2.05) is 43.3 Å². The Kier molecular flexibility index (Phi) is 3.70. The van der Waals surface area contributed by atoms with Crippen LogP contribution in [0.25, 0.3) is 0 Å². The molecule has 0 aromatic heterocycles. The summed E-state index contributed by atoms with van der Waals surface area (Å²) in [5.74, 6) is 0.0528. The second kappa shape index (κ2) is 5.51. The van der Waals surface area contributed by atoms with E-state index in [9.17, 15) is 4.79 Å². The van der Waals surface area contributed by atoms with Gasteiger partial charge in [0.25, 0.3) is 0 Å². The van der Waals surface area contributed by atoms with Crippen molar-refractivity contribution in [2.45, 2.75) is 19.0 Å². The summed E-state index contributed by atoms with van der Waals surface area (Å²) in [5.41, 5.74) is 3.04. The zero-order chi connectivity index (χ0) is 15.0. The minimum atomic E-state index is -0.258.